The summed E-state index contributed by atoms with van der Waals surface area (Å²) in [6, 6.07) is 11.3. The van der Waals surface area contributed by atoms with Crippen LogP contribution >= 0.6 is 23.2 Å². The molecule has 4 aromatic rings. The zero-order chi connectivity index (χ0) is 33.8. The van der Waals surface area contributed by atoms with Gasteiger partial charge in [-0.05, 0) is 12.8 Å². The van der Waals surface area contributed by atoms with Crippen LogP contribution in [-0.4, -0.2) is 84.1 Å². The van der Waals surface area contributed by atoms with Crippen molar-refractivity contribution in [2.75, 3.05) is 38.9 Å². The summed E-state index contributed by atoms with van der Waals surface area (Å²) in [5.41, 5.74) is 4.86. The van der Waals surface area contributed by atoms with E-state index in [1.54, 1.807) is 19.5 Å². The van der Waals surface area contributed by atoms with Crippen molar-refractivity contribution in [2.45, 2.75) is 38.4 Å². The second-order valence-corrected chi connectivity index (χ2v) is 14.6. The van der Waals surface area contributed by atoms with Gasteiger partial charge in [-0.25, -0.2) is 18.4 Å². The standard InChI is InChI=1S/C33H35Cl2N7O5S/c1-46-32-27(15-36-14-20-10-11-29(43)39-20)37-16-25(40-32)23-8-3-6-21(30(23)34)22-7-4-9-24(31(22)35)26-17-38-28(33(41-26)47-2)18-42-12-5-13-48(44,45)19-42/h3-4,6-9,16-17,20,36H,5,10-15,18-19H2,1-2H3,(H,39,43)/t20-/m0/s1. The molecule has 0 saturated carbocycles. The van der Waals surface area contributed by atoms with Crippen LogP contribution in [0, 0.1) is 0 Å². The smallest absolute Gasteiger partial charge is 0.237 e. The zero-order valence-corrected chi connectivity index (χ0v) is 28.8. The first-order valence-electron chi connectivity index (χ1n) is 15.5. The number of nitrogens with zero attached hydrogens (tertiary/aromatic N) is 5. The molecule has 2 fully saturated rings. The van der Waals surface area contributed by atoms with Crippen molar-refractivity contribution in [3.05, 3.63) is 70.2 Å². The number of ether oxygens (including phenoxy) is 2. The third-order valence-corrected chi connectivity index (χ3v) is 10.8. The number of carbonyl (C=O) groups is 1. The van der Waals surface area contributed by atoms with E-state index in [0.29, 0.717) is 106 Å². The van der Waals surface area contributed by atoms with Gasteiger partial charge >= 0.3 is 0 Å². The molecular weight excluding hydrogens is 677 g/mol. The Labute approximate surface area is 289 Å². The molecule has 2 aliphatic heterocycles. The highest BCUT2D eigenvalue weighted by atomic mass is 35.5. The summed E-state index contributed by atoms with van der Waals surface area (Å²) in [6.07, 6.45) is 5.20. The molecular formula is C33H35Cl2N7O5S. The van der Waals surface area contributed by atoms with Crippen LogP contribution in [0.1, 0.15) is 30.7 Å². The van der Waals surface area contributed by atoms with Gasteiger partial charge in [0.15, 0.2) is 9.84 Å². The second-order valence-electron chi connectivity index (χ2n) is 11.7. The number of carbonyl (C=O) groups excluding carboxylic acids is 1. The highest BCUT2D eigenvalue weighted by Gasteiger charge is 2.25. The predicted octanol–water partition coefficient (Wildman–Crippen LogP) is 4.54. The number of sulfone groups is 1. The maximum absolute atomic E-state index is 12.1. The minimum absolute atomic E-state index is 0.0185. The second kappa shape index (κ2) is 14.7. The van der Waals surface area contributed by atoms with Gasteiger partial charge in [0.25, 0.3) is 0 Å². The minimum atomic E-state index is -3.12. The van der Waals surface area contributed by atoms with E-state index in [1.165, 1.54) is 7.11 Å². The van der Waals surface area contributed by atoms with Crippen LogP contribution < -0.4 is 20.1 Å². The van der Waals surface area contributed by atoms with Gasteiger partial charge in [-0.15, -0.1) is 0 Å². The lowest BCUT2D eigenvalue weighted by Crippen LogP contribution is -2.37. The van der Waals surface area contributed by atoms with Gasteiger partial charge < -0.3 is 20.1 Å². The number of hydrogen-bond donors (Lipinski definition) is 2. The maximum Gasteiger partial charge on any atom is 0.237 e. The number of rotatable bonds is 11. The molecule has 0 bridgehead atoms. The van der Waals surface area contributed by atoms with Gasteiger partial charge in [-0.2, -0.15) is 0 Å². The monoisotopic (exact) mass is 711 g/mol. The van der Waals surface area contributed by atoms with E-state index in [4.69, 9.17) is 37.7 Å². The molecule has 0 spiro atoms. The third-order valence-electron chi connectivity index (χ3n) is 8.30. The van der Waals surface area contributed by atoms with Crippen LogP contribution in [0.5, 0.6) is 11.8 Å². The van der Waals surface area contributed by atoms with Crippen molar-refractivity contribution in [3.63, 3.8) is 0 Å². The van der Waals surface area contributed by atoms with E-state index in [-0.39, 0.29) is 23.6 Å². The molecule has 48 heavy (non-hydrogen) atoms. The van der Waals surface area contributed by atoms with E-state index in [0.717, 1.165) is 6.42 Å². The molecule has 15 heteroatoms. The van der Waals surface area contributed by atoms with Crippen LogP contribution in [0.3, 0.4) is 0 Å². The van der Waals surface area contributed by atoms with E-state index in [1.807, 2.05) is 41.3 Å². The van der Waals surface area contributed by atoms with E-state index >= 15 is 0 Å². The van der Waals surface area contributed by atoms with Crippen LogP contribution in [0.4, 0.5) is 0 Å². The van der Waals surface area contributed by atoms with E-state index in [9.17, 15) is 13.2 Å². The van der Waals surface area contributed by atoms with Crippen molar-refractivity contribution in [2.24, 2.45) is 0 Å². The molecule has 2 saturated heterocycles. The molecule has 6 rings (SSSR count). The summed E-state index contributed by atoms with van der Waals surface area (Å²) in [7, 11) is -0.0678. The maximum atomic E-state index is 12.1. The number of hydrogen-bond acceptors (Lipinski definition) is 11. The third kappa shape index (κ3) is 7.55. The average molecular weight is 713 g/mol. The van der Waals surface area contributed by atoms with Crippen molar-refractivity contribution < 1.29 is 22.7 Å². The number of aromatic nitrogens is 4. The number of benzene rings is 2. The Morgan fingerprint density at radius 3 is 2.06 bits per heavy atom. The van der Waals surface area contributed by atoms with Gasteiger partial charge in [0.05, 0.1) is 53.8 Å². The lowest BCUT2D eigenvalue weighted by molar-refractivity contribution is -0.119. The van der Waals surface area contributed by atoms with Gasteiger partial charge in [0.1, 0.15) is 17.3 Å². The predicted molar refractivity (Wildman–Crippen MR) is 184 cm³/mol. The van der Waals surface area contributed by atoms with Crippen molar-refractivity contribution in [1.82, 2.24) is 35.5 Å². The van der Waals surface area contributed by atoms with Gasteiger partial charge in [-0.3, -0.25) is 19.7 Å². The van der Waals surface area contributed by atoms with Crippen LogP contribution in [0.2, 0.25) is 10.0 Å². The molecule has 2 aromatic heterocycles. The average Bonchev–Trinajstić information content (AvgIpc) is 3.49. The Hall–Kier alpha value is -3.88. The number of amides is 1. The highest BCUT2D eigenvalue weighted by molar-refractivity contribution is 7.91. The van der Waals surface area contributed by atoms with Gasteiger partial charge in [-0.1, -0.05) is 59.6 Å². The molecule has 1 amide bonds. The molecule has 252 valence electrons. The fourth-order valence-electron chi connectivity index (χ4n) is 5.93. The van der Waals surface area contributed by atoms with Crippen molar-refractivity contribution in [3.8, 4) is 45.4 Å². The molecule has 2 aromatic carbocycles. The molecule has 1 atom stereocenters. The Morgan fingerprint density at radius 1 is 0.917 bits per heavy atom. The molecule has 0 unspecified atom stereocenters. The normalized spacial score (nSPS) is 17.7. The summed E-state index contributed by atoms with van der Waals surface area (Å²) < 4.78 is 35.4. The van der Waals surface area contributed by atoms with Crippen molar-refractivity contribution >= 4 is 38.9 Å². The van der Waals surface area contributed by atoms with Crippen LogP contribution in [-0.2, 0) is 27.7 Å². The lowest BCUT2D eigenvalue weighted by Gasteiger charge is -2.26. The van der Waals surface area contributed by atoms with Crippen molar-refractivity contribution in [1.29, 1.82) is 0 Å². The molecule has 12 nitrogen and oxygen atoms in total. The molecule has 4 heterocycles. The topological polar surface area (TPSA) is 149 Å². The highest BCUT2D eigenvalue weighted by Crippen LogP contribution is 2.42. The summed E-state index contributed by atoms with van der Waals surface area (Å²) in [5, 5.41) is 7.12. The summed E-state index contributed by atoms with van der Waals surface area (Å²) in [6.45, 7) is 2.01. The Bertz CT molecular complexity index is 1950. The quantitative estimate of drug-likeness (QED) is 0.226. The van der Waals surface area contributed by atoms with E-state index < -0.39 is 9.84 Å². The van der Waals surface area contributed by atoms with Crippen LogP contribution in [0.25, 0.3) is 33.6 Å². The van der Waals surface area contributed by atoms with Gasteiger partial charge in [0, 0.05) is 60.9 Å². The minimum Gasteiger partial charge on any atom is -0.480 e. The fraction of sp³-hybridized carbons (Fsp3) is 0.364. The molecule has 0 radical (unpaired) electrons. The molecule has 0 aliphatic carbocycles. The first-order valence-corrected chi connectivity index (χ1v) is 18.0. The van der Waals surface area contributed by atoms with Crippen LogP contribution in [0.15, 0.2) is 48.8 Å². The number of halogens is 2. The van der Waals surface area contributed by atoms with Gasteiger partial charge in [0.2, 0.25) is 17.7 Å². The largest absolute Gasteiger partial charge is 0.480 e. The summed E-state index contributed by atoms with van der Waals surface area (Å²) in [4.78, 5) is 31.9. The van der Waals surface area contributed by atoms with E-state index in [2.05, 4.69) is 25.6 Å². The number of methoxy groups -OCH3 is 2. The molecule has 2 N–H and O–H groups in total. The Kier molecular flexibility index (Phi) is 10.4. The zero-order valence-electron chi connectivity index (χ0n) is 26.5. The summed E-state index contributed by atoms with van der Waals surface area (Å²) >= 11 is 14.0. The SMILES string of the molecule is COc1nc(-c2cccc(-c3cccc(-c4cnc(CN5CCCS(=O)(=O)C5)c(OC)n4)c3Cl)c2Cl)cnc1CNC[C@@H]1CCC(=O)N1. The first-order chi connectivity index (χ1) is 23.2. The first kappa shape index (κ1) is 34.0. The molecule has 2 aliphatic rings. The Balaban J connectivity index is 1.24. The lowest BCUT2D eigenvalue weighted by atomic mass is 9.98. The number of nitrogens with one attached hydrogen (secondary N) is 2. The fourth-order valence-corrected chi connectivity index (χ4v) is 8.06. The summed E-state index contributed by atoms with van der Waals surface area (Å²) in [5.74, 6) is 0.922. The Morgan fingerprint density at radius 2 is 1.50 bits per heavy atom.